The number of hydrogen-bond acceptors (Lipinski definition) is 3. The Kier molecular flexibility index (Phi) is 2.81. The first kappa shape index (κ1) is 9.90. The molecule has 0 spiro atoms. The minimum Gasteiger partial charge on any atom is -0.489 e. The van der Waals surface area contributed by atoms with Gasteiger partial charge in [0, 0.05) is 12.6 Å². The molecular formula is C12H13NO2. The van der Waals surface area contributed by atoms with Gasteiger partial charge >= 0.3 is 0 Å². The number of nitrogens with zero attached hydrogens (tertiary/aromatic N) is 1. The van der Waals surface area contributed by atoms with Gasteiger partial charge in [-0.2, -0.15) is 0 Å². The number of rotatable bonds is 3. The summed E-state index contributed by atoms with van der Waals surface area (Å²) in [6.07, 6.45) is 5.09. The molecule has 1 aromatic heterocycles. The van der Waals surface area contributed by atoms with E-state index in [2.05, 4.69) is 4.98 Å². The molecule has 0 saturated heterocycles. The Bertz CT molecular complexity index is 410. The summed E-state index contributed by atoms with van der Waals surface area (Å²) in [5.41, 5.74) is 1.49. The van der Waals surface area contributed by atoms with Crippen molar-refractivity contribution in [3.05, 3.63) is 41.4 Å². The highest BCUT2D eigenvalue weighted by Gasteiger charge is 2.20. The third kappa shape index (κ3) is 1.91. The Balaban J connectivity index is 2.32. The highest BCUT2D eigenvalue weighted by Crippen LogP contribution is 2.17. The molecule has 3 nitrogen and oxygen atoms in total. The van der Waals surface area contributed by atoms with E-state index in [-0.39, 0.29) is 5.78 Å². The van der Waals surface area contributed by atoms with Crippen molar-refractivity contribution in [3.63, 3.8) is 0 Å². The summed E-state index contributed by atoms with van der Waals surface area (Å²) < 4.78 is 5.24. The number of aromatic nitrogens is 1. The number of ketones is 1. The van der Waals surface area contributed by atoms with Gasteiger partial charge in [0.1, 0.15) is 5.69 Å². The highest BCUT2D eigenvalue weighted by atomic mass is 16.5. The highest BCUT2D eigenvalue weighted by molar-refractivity contribution is 6.07. The van der Waals surface area contributed by atoms with Gasteiger partial charge in [-0.25, -0.2) is 0 Å². The van der Waals surface area contributed by atoms with Crippen LogP contribution in [0.5, 0.6) is 0 Å². The number of Topliss-reactive ketones (excluding diaryl/α,β-unsaturated/α-hetero) is 1. The minimum atomic E-state index is -0.0926. The average molecular weight is 203 g/mol. The van der Waals surface area contributed by atoms with Crippen molar-refractivity contribution in [3.8, 4) is 0 Å². The predicted octanol–water partition coefficient (Wildman–Crippen LogP) is 2.13. The molecule has 0 radical (unpaired) electrons. The van der Waals surface area contributed by atoms with E-state index < -0.39 is 0 Å². The summed E-state index contributed by atoms with van der Waals surface area (Å²) in [4.78, 5) is 16.1. The molecule has 0 bridgehead atoms. The van der Waals surface area contributed by atoms with Crippen LogP contribution in [0.3, 0.4) is 0 Å². The van der Waals surface area contributed by atoms with E-state index in [4.69, 9.17) is 4.74 Å². The van der Waals surface area contributed by atoms with Crippen LogP contribution in [0.1, 0.15) is 29.4 Å². The Morgan fingerprint density at radius 3 is 3.13 bits per heavy atom. The Morgan fingerprint density at radius 1 is 1.60 bits per heavy atom. The Hall–Kier alpha value is -1.64. The molecule has 0 aliphatic carbocycles. The maximum Gasteiger partial charge on any atom is 0.245 e. The first-order valence-corrected chi connectivity index (χ1v) is 5.14. The normalized spacial score (nSPS) is 14.6. The van der Waals surface area contributed by atoms with Crippen molar-refractivity contribution in [2.45, 2.75) is 19.8 Å². The van der Waals surface area contributed by atoms with E-state index in [0.29, 0.717) is 18.1 Å². The van der Waals surface area contributed by atoms with Crippen LogP contribution in [0, 0.1) is 0 Å². The molecule has 2 heterocycles. The van der Waals surface area contributed by atoms with E-state index in [1.165, 1.54) is 0 Å². The number of aryl methyl sites for hydroxylation is 1. The van der Waals surface area contributed by atoms with Gasteiger partial charge < -0.3 is 4.74 Å². The second-order valence-electron chi connectivity index (χ2n) is 3.40. The summed E-state index contributed by atoms with van der Waals surface area (Å²) in [6.45, 7) is 2.62. The Labute approximate surface area is 88.8 Å². The van der Waals surface area contributed by atoms with Gasteiger partial charge in [-0.1, -0.05) is 13.0 Å². The molecule has 2 rings (SSSR count). The lowest BCUT2D eigenvalue weighted by Gasteiger charge is -2.06. The monoisotopic (exact) mass is 203 g/mol. The third-order valence-corrected chi connectivity index (χ3v) is 2.42. The van der Waals surface area contributed by atoms with Crippen LogP contribution in [0.25, 0.3) is 0 Å². The van der Waals surface area contributed by atoms with Crippen molar-refractivity contribution in [2.24, 2.45) is 0 Å². The lowest BCUT2D eigenvalue weighted by Crippen LogP contribution is -2.09. The first-order chi connectivity index (χ1) is 7.33. The molecule has 1 aromatic rings. The van der Waals surface area contributed by atoms with Crippen LogP contribution >= 0.6 is 0 Å². The van der Waals surface area contributed by atoms with Crippen molar-refractivity contribution in [1.29, 1.82) is 0 Å². The van der Waals surface area contributed by atoms with Gasteiger partial charge in [-0.3, -0.25) is 9.78 Å². The predicted molar refractivity (Wildman–Crippen MR) is 56.6 cm³/mol. The van der Waals surface area contributed by atoms with Crippen molar-refractivity contribution < 1.29 is 9.53 Å². The van der Waals surface area contributed by atoms with Gasteiger partial charge in [0.15, 0.2) is 5.76 Å². The molecule has 0 amide bonds. The van der Waals surface area contributed by atoms with Crippen molar-refractivity contribution in [2.75, 3.05) is 6.61 Å². The molecule has 0 fully saturated rings. The number of allylic oxidation sites excluding steroid dienone is 1. The molecule has 1 aliphatic heterocycles. The van der Waals surface area contributed by atoms with E-state index in [9.17, 15) is 4.79 Å². The van der Waals surface area contributed by atoms with E-state index in [1.807, 2.05) is 25.1 Å². The second kappa shape index (κ2) is 4.26. The topological polar surface area (TPSA) is 39.2 Å². The van der Waals surface area contributed by atoms with Crippen molar-refractivity contribution >= 4 is 5.78 Å². The quantitative estimate of drug-likeness (QED) is 0.706. The second-order valence-corrected chi connectivity index (χ2v) is 3.40. The lowest BCUT2D eigenvalue weighted by molar-refractivity contribution is 0.0936. The molecule has 15 heavy (non-hydrogen) atoms. The molecule has 0 atom stereocenters. The third-order valence-electron chi connectivity index (χ3n) is 2.42. The van der Waals surface area contributed by atoms with Crippen LogP contribution in [-0.4, -0.2) is 17.4 Å². The molecule has 0 saturated carbocycles. The zero-order chi connectivity index (χ0) is 10.7. The Morgan fingerprint density at radius 2 is 2.47 bits per heavy atom. The number of carbonyl (C=O) groups excluding carboxylic acids is 1. The van der Waals surface area contributed by atoms with Gasteiger partial charge in [0.25, 0.3) is 0 Å². The van der Waals surface area contributed by atoms with Gasteiger partial charge in [-0.05, 0) is 24.1 Å². The van der Waals surface area contributed by atoms with E-state index in [0.717, 1.165) is 18.4 Å². The summed E-state index contributed by atoms with van der Waals surface area (Å²) in [6, 6.07) is 3.77. The summed E-state index contributed by atoms with van der Waals surface area (Å²) in [5, 5.41) is 0. The average Bonchev–Trinajstić information content (AvgIpc) is 2.81. The molecule has 78 valence electrons. The first-order valence-electron chi connectivity index (χ1n) is 5.14. The van der Waals surface area contributed by atoms with Gasteiger partial charge in [0.2, 0.25) is 5.78 Å². The SMILES string of the molecule is CCc1cccnc1C(=O)C1=CCCO1. The fourth-order valence-electron chi connectivity index (χ4n) is 1.62. The standard InChI is InChI=1S/C12H13NO2/c1-2-9-5-3-7-13-11(9)12(14)10-6-4-8-15-10/h3,5-7H,2,4,8H2,1H3. The minimum absolute atomic E-state index is 0.0926. The lowest BCUT2D eigenvalue weighted by atomic mass is 10.1. The number of hydrogen-bond donors (Lipinski definition) is 0. The smallest absolute Gasteiger partial charge is 0.245 e. The molecule has 3 heteroatoms. The number of ether oxygens (including phenoxy) is 1. The van der Waals surface area contributed by atoms with Crippen molar-refractivity contribution in [1.82, 2.24) is 4.98 Å². The van der Waals surface area contributed by atoms with Crippen LogP contribution < -0.4 is 0 Å². The van der Waals surface area contributed by atoms with Crippen LogP contribution in [0.4, 0.5) is 0 Å². The van der Waals surface area contributed by atoms with Crippen LogP contribution in [-0.2, 0) is 11.2 Å². The van der Waals surface area contributed by atoms with Gasteiger partial charge in [0.05, 0.1) is 6.61 Å². The van der Waals surface area contributed by atoms with E-state index >= 15 is 0 Å². The fourth-order valence-corrected chi connectivity index (χ4v) is 1.62. The fraction of sp³-hybridized carbons (Fsp3) is 0.333. The zero-order valence-electron chi connectivity index (χ0n) is 8.69. The number of pyridine rings is 1. The number of carbonyl (C=O) groups is 1. The molecule has 1 aliphatic rings. The zero-order valence-corrected chi connectivity index (χ0v) is 8.69. The summed E-state index contributed by atoms with van der Waals surface area (Å²) >= 11 is 0. The van der Waals surface area contributed by atoms with Crippen LogP contribution in [0.2, 0.25) is 0 Å². The maximum atomic E-state index is 12.0. The van der Waals surface area contributed by atoms with Crippen LogP contribution in [0.15, 0.2) is 30.2 Å². The van der Waals surface area contributed by atoms with Gasteiger partial charge in [-0.15, -0.1) is 0 Å². The molecular weight excluding hydrogens is 190 g/mol. The summed E-state index contributed by atoms with van der Waals surface area (Å²) in [7, 11) is 0. The summed E-state index contributed by atoms with van der Waals surface area (Å²) in [5.74, 6) is 0.355. The largest absolute Gasteiger partial charge is 0.489 e. The maximum absolute atomic E-state index is 12.0. The molecule has 0 N–H and O–H groups in total. The molecule has 0 unspecified atom stereocenters. The molecule has 0 aromatic carbocycles. The van der Waals surface area contributed by atoms with E-state index in [1.54, 1.807) is 6.20 Å².